The molecule has 2 heterocycles. The highest BCUT2D eigenvalue weighted by Gasteiger charge is 2.30. The lowest BCUT2D eigenvalue weighted by Gasteiger charge is -2.31. The minimum atomic E-state index is -3.17. The second-order valence-corrected chi connectivity index (χ2v) is 10.3. The summed E-state index contributed by atoms with van der Waals surface area (Å²) in [4.78, 5) is 4.63. The van der Waals surface area contributed by atoms with E-state index in [1.165, 1.54) is 0 Å². The van der Waals surface area contributed by atoms with Crippen LogP contribution in [0.2, 0.25) is 0 Å². The molecular formula is C19H28N4O2S. The zero-order valence-electron chi connectivity index (χ0n) is 15.8. The van der Waals surface area contributed by atoms with Gasteiger partial charge < -0.3 is 0 Å². The van der Waals surface area contributed by atoms with E-state index in [0.717, 1.165) is 24.2 Å². The minimum absolute atomic E-state index is 0.0269. The topological polar surface area (TPSA) is 79.0 Å². The van der Waals surface area contributed by atoms with Gasteiger partial charge >= 0.3 is 0 Å². The van der Waals surface area contributed by atoms with Crippen LogP contribution in [0.15, 0.2) is 30.3 Å². The number of hydrogen-bond donors (Lipinski definition) is 1. The Bertz CT molecular complexity index is 817. The van der Waals surface area contributed by atoms with Crippen molar-refractivity contribution in [3.05, 3.63) is 36.2 Å². The zero-order valence-corrected chi connectivity index (χ0v) is 16.6. The average Bonchev–Trinajstić information content (AvgIpc) is 3.11. The normalized spacial score (nSPS) is 17.5. The molecule has 2 aromatic rings. The molecule has 0 aliphatic carbocycles. The molecule has 0 bridgehead atoms. The van der Waals surface area contributed by atoms with Crippen LogP contribution < -0.4 is 0 Å². The predicted octanol–water partition coefficient (Wildman–Crippen LogP) is 3.42. The molecule has 142 valence electrons. The van der Waals surface area contributed by atoms with Gasteiger partial charge in [-0.25, -0.2) is 17.7 Å². The monoisotopic (exact) mass is 376 g/mol. The number of aromatic nitrogens is 3. The van der Waals surface area contributed by atoms with Gasteiger partial charge in [0, 0.05) is 24.6 Å². The fourth-order valence-electron chi connectivity index (χ4n) is 3.14. The summed E-state index contributed by atoms with van der Waals surface area (Å²) in [5.74, 6) is 2.01. The first-order valence-electron chi connectivity index (χ1n) is 9.20. The Morgan fingerprint density at radius 1 is 1.15 bits per heavy atom. The number of nitrogens with zero attached hydrogens (tertiary/aromatic N) is 3. The van der Waals surface area contributed by atoms with Crippen molar-refractivity contribution < 1.29 is 8.42 Å². The molecule has 1 aliphatic rings. The maximum Gasteiger partial charge on any atom is 0.214 e. The average molecular weight is 377 g/mol. The molecule has 1 aliphatic heterocycles. The molecule has 0 unspecified atom stereocenters. The predicted molar refractivity (Wildman–Crippen MR) is 103 cm³/mol. The summed E-state index contributed by atoms with van der Waals surface area (Å²) in [6.07, 6.45) is 2.23. The number of benzene rings is 1. The van der Waals surface area contributed by atoms with Gasteiger partial charge in [-0.2, -0.15) is 5.10 Å². The van der Waals surface area contributed by atoms with E-state index in [0.29, 0.717) is 25.3 Å². The van der Waals surface area contributed by atoms with Crippen molar-refractivity contribution in [3.8, 4) is 11.4 Å². The van der Waals surface area contributed by atoms with Crippen LogP contribution in [0, 0.1) is 5.41 Å². The number of piperidine rings is 1. The van der Waals surface area contributed by atoms with E-state index in [1.807, 2.05) is 30.3 Å². The molecule has 1 fully saturated rings. The quantitative estimate of drug-likeness (QED) is 0.867. The first-order chi connectivity index (χ1) is 12.2. The number of aromatic amines is 1. The van der Waals surface area contributed by atoms with Gasteiger partial charge in [0.05, 0.1) is 5.75 Å². The van der Waals surface area contributed by atoms with Crippen LogP contribution >= 0.6 is 0 Å². The lowest BCUT2D eigenvalue weighted by atomic mass is 9.94. The Labute approximate surface area is 156 Å². The van der Waals surface area contributed by atoms with Gasteiger partial charge in [0.25, 0.3) is 0 Å². The highest BCUT2D eigenvalue weighted by atomic mass is 32.2. The van der Waals surface area contributed by atoms with Crippen molar-refractivity contribution in [2.45, 2.75) is 46.0 Å². The van der Waals surface area contributed by atoms with Crippen LogP contribution in [0.25, 0.3) is 11.4 Å². The third kappa shape index (κ3) is 4.71. The number of sulfonamides is 1. The fraction of sp³-hybridized carbons (Fsp3) is 0.579. The summed E-state index contributed by atoms with van der Waals surface area (Å²) in [6, 6.07) is 9.86. The van der Waals surface area contributed by atoms with Gasteiger partial charge in [-0.15, -0.1) is 0 Å². The molecule has 0 amide bonds. The maximum absolute atomic E-state index is 12.6. The van der Waals surface area contributed by atoms with Gasteiger partial charge in [-0.3, -0.25) is 5.10 Å². The summed E-state index contributed by atoms with van der Waals surface area (Å²) in [7, 11) is -3.17. The molecule has 1 saturated heterocycles. The SMILES string of the molecule is CC(C)(C)CCS(=O)(=O)N1CCC(c2nc(-c3ccccc3)n[nH]2)CC1. The van der Waals surface area contributed by atoms with Crippen molar-refractivity contribution in [2.75, 3.05) is 18.8 Å². The number of H-pyrrole nitrogens is 1. The van der Waals surface area contributed by atoms with Crippen molar-refractivity contribution >= 4 is 10.0 Å². The highest BCUT2D eigenvalue weighted by Crippen LogP contribution is 2.29. The van der Waals surface area contributed by atoms with Crippen LogP contribution in [-0.2, 0) is 10.0 Å². The van der Waals surface area contributed by atoms with Crippen LogP contribution in [0.1, 0.15) is 51.8 Å². The van der Waals surface area contributed by atoms with E-state index < -0.39 is 10.0 Å². The van der Waals surface area contributed by atoms with Crippen LogP contribution in [0.3, 0.4) is 0 Å². The molecule has 1 N–H and O–H groups in total. The van der Waals surface area contributed by atoms with Gasteiger partial charge in [-0.05, 0) is 24.7 Å². The molecule has 3 rings (SSSR count). The molecule has 1 aromatic carbocycles. The summed E-state index contributed by atoms with van der Waals surface area (Å²) in [5, 5.41) is 7.36. The first kappa shape index (κ1) is 19.0. The Morgan fingerprint density at radius 3 is 2.42 bits per heavy atom. The second kappa shape index (κ2) is 7.48. The Kier molecular flexibility index (Phi) is 5.48. The number of nitrogens with one attached hydrogen (secondary N) is 1. The van der Waals surface area contributed by atoms with Crippen LogP contribution in [0.4, 0.5) is 0 Å². The lowest BCUT2D eigenvalue weighted by molar-refractivity contribution is 0.310. The molecule has 6 nitrogen and oxygen atoms in total. The number of rotatable bonds is 5. The van der Waals surface area contributed by atoms with Crippen LogP contribution in [-0.4, -0.2) is 46.7 Å². The summed E-state index contributed by atoms with van der Waals surface area (Å²) < 4.78 is 26.8. The summed E-state index contributed by atoms with van der Waals surface area (Å²) in [5.41, 5.74) is 1.01. The van der Waals surface area contributed by atoms with Crippen molar-refractivity contribution in [1.29, 1.82) is 0 Å². The Hall–Kier alpha value is -1.73. The largest absolute Gasteiger partial charge is 0.262 e. The molecule has 0 spiro atoms. The van der Waals surface area contributed by atoms with Gasteiger partial charge in [-0.1, -0.05) is 51.1 Å². The summed E-state index contributed by atoms with van der Waals surface area (Å²) in [6.45, 7) is 7.33. The van der Waals surface area contributed by atoms with Crippen molar-refractivity contribution in [3.63, 3.8) is 0 Å². The van der Waals surface area contributed by atoms with E-state index in [1.54, 1.807) is 4.31 Å². The highest BCUT2D eigenvalue weighted by molar-refractivity contribution is 7.89. The smallest absolute Gasteiger partial charge is 0.214 e. The van der Waals surface area contributed by atoms with Crippen molar-refractivity contribution in [1.82, 2.24) is 19.5 Å². The third-order valence-corrected chi connectivity index (χ3v) is 6.75. The minimum Gasteiger partial charge on any atom is -0.262 e. The molecule has 0 saturated carbocycles. The summed E-state index contributed by atoms with van der Waals surface area (Å²) >= 11 is 0. The maximum atomic E-state index is 12.6. The Morgan fingerprint density at radius 2 is 1.81 bits per heavy atom. The Balaban J connectivity index is 1.60. The van der Waals surface area contributed by atoms with Crippen LogP contribution in [0.5, 0.6) is 0 Å². The van der Waals surface area contributed by atoms with E-state index >= 15 is 0 Å². The fourth-order valence-corrected chi connectivity index (χ4v) is 5.04. The van der Waals surface area contributed by atoms with Crippen molar-refractivity contribution in [2.24, 2.45) is 5.41 Å². The number of hydrogen-bond acceptors (Lipinski definition) is 4. The third-order valence-electron chi connectivity index (χ3n) is 4.88. The molecule has 1 aromatic heterocycles. The zero-order chi connectivity index (χ0) is 18.8. The first-order valence-corrected chi connectivity index (χ1v) is 10.8. The molecule has 26 heavy (non-hydrogen) atoms. The molecule has 0 radical (unpaired) electrons. The van der Waals surface area contributed by atoms with E-state index in [9.17, 15) is 8.42 Å². The van der Waals surface area contributed by atoms with E-state index in [2.05, 4.69) is 36.0 Å². The molecular weight excluding hydrogens is 348 g/mol. The van der Waals surface area contributed by atoms with E-state index in [4.69, 9.17) is 0 Å². The van der Waals surface area contributed by atoms with E-state index in [-0.39, 0.29) is 17.1 Å². The lowest BCUT2D eigenvalue weighted by Crippen LogP contribution is -2.40. The van der Waals surface area contributed by atoms with Gasteiger partial charge in [0.1, 0.15) is 5.82 Å². The second-order valence-electron chi connectivity index (χ2n) is 8.21. The molecule has 7 heteroatoms. The van der Waals surface area contributed by atoms with Gasteiger partial charge in [0.2, 0.25) is 10.0 Å². The van der Waals surface area contributed by atoms with Gasteiger partial charge in [0.15, 0.2) is 5.82 Å². The standard InChI is InChI=1S/C19H28N4O2S/c1-19(2,3)11-14-26(24,25)23-12-9-16(10-13-23)18-20-17(21-22-18)15-7-5-4-6-8-15/h4-8,16H,9-14H2,1-3H3,(H,20,21,22). The molecule has 0 atom stereocenters.